The van der Waals surface area contributed by atoms with Gasteiger partial charge < -0.3 is 14.4 Å². The molecule has 0 N–H and O–H groups in total. The number of rotatable bonds is 7. The largest absolute Gasteiger partial charge is 0.573 e. The molecule has 1 fully saturated rings. The lowest BCUT2D eigenvalue weighted by molar-refractivity contribution is -0.274. The van der Waals surface area contributed by atoms with E-state index in [-0.39, 0.29) is 36.1 Å². The Bertz CT molecular complexity index is 1130. The quantitative estimate of drug-likeness (QED) is 0.514. The number of carbonyl (C=O) groups is 2. The summed E-state index contributed by atoms with van der Waals surface area (Å²) in [7, 11) is -1.41. The molecular formula is C26H29F3N2O4S. The van der Waals surface area contributed by atoms with Crippen molar-refractivity contribution < 1.29 is 31.7 Å². The highest BCUT2D eigenvalue weighted by molar-refractivity contribution is 7.82. The maximum absolute atomic E-state index is 13.6. The summed E-state index contributed by atoms with van der Waals surface area (Å²) in [6, 6.07) is 11.0. The Morgan fingerprint density at radius 1 is 1.08 bits per heavy atom. The molecule has 0 saturated carbocycles. The molecule has 194 valence electrons. The molecule has 0 aromatic heterocycles. The van der Waals surface area contributed by atoms with Crippen molar-refractivity contribution in [1.82, 2.24) is 9.21 Å². The van der Waals surface area contributed by atoms with Gasteiger partial charge in [-0.1, -0.05) is 24.3 Å². The molecule has 4 atom stereocenters. The number of amides is 1. The lowest BCUT2D eigenvalue weighted by atomic mass is 10.1. The van der Waals surface area contributed by atoms with Crippen molar-refractivity contribution in [1.29, 1.82) is 0 Å². The van der Waals surface area contributed by atoms with Gasteiger partial charge in [-0.05, 0) is 68.0 Å². The maximum Gasteiger partial charge on any atom is 0.573 e. The van der Waals surface area contributed by atoms with Crippen LogP contribution >= 0.6 is 0 Å². The van der Waals surface area contributed by atoms with Crippen LogP contribution in [0.15, 0.2) is 47.4 Å². The van der Waals surface area contributed by atoms with E-state index in [1.165, 1.54) is 24.3 Å². The number of hydrogen-bond donors (Lipinski definition) is 0. The molecule has 0 radical (unpaired) electrons. The van der Waals surface area contributed by atoms with E-state index in [0.717, 1.165) is 27.9 Å². The number of hydrogen-bond acceptors (Lipinski definition) is 4. The molecule has 2 aliphatic rings. The Kier molecular flexibility index (Phi) is 7.85. The molecule has 0 bridgehead atoms. The Hall–Kier alpha value is -2.72. The monoisotopic (exact) mass is 522 g/mol. The molecule has 6 nitrogen and oxygen atoms in total. The van der Waals surface area contributed by atoms with Crippen molar-refractivity contribution in [3.8, 4) is 5.75 Å². The molecule has 1 saturated heterocycles. The zero-order chi connectivity index (χ0) is 26.0. The number of piperazine rings is 1. The van der Waals surface area contributed by atoms with Gasteiger partial charge in [0, 0.05) is 37.5 Å². The molecule has 2 aromatic carbocycles. The predicted octanol–water partition coefficient (Wildman–Crippen LogP) is 4.08. The first kappa shape index (κ1) is 26.3. The first-order chi connectivity index (χ1) is 17.1. The van der Waals surface area contributed by atoms with Crippen molar-refractivity contribution >= 4 is 23.2 Å². The Balaban J connectivity index is 1.36. The Morgan fingerprint density at radius 3 is 2.36 bits per heavy atom. The van der Waals surface area contributed by atoms with Gasteiger partial charge in [0.2, 0.25) is 5.91 Å². The maximum atomic E-state index is 13.6. The fraction of sp³-hybridized carbons (Fsp3) is 0.462. The van der Waals surface area contributed by atoms with E-state index in [2.05, 4.69) is 4.74 Å². The van der Waals surface area contributed by atoms with E-state index in [0.29, 0.717) is 32.4 Å². The molecule has 10 heteroatoms. The van der Waals surface area contributed by atoms with Gasteiger partial charge in [-0.25, -0.2) is 8.51 Å². The van der Waals surface area contributed by atoms with Crippen molar-refractivity contribution in [2.24, 2.45) is 5.92 Å². The third-order valence-electron chi connectivity index (χ3n) is 6.73. The standard InChI is InChI=1S/C26H29F3N2O4S/c1-17-14-30(25(33)11-8-19-6-9-22(10-7-19)35-26(27,28)29)15-18(2)31(17)36(34)24-5-3-4-21-12-20(16-32)13-23(21)24/h3-7,9-10,16-18,20H,8,11-15H2,1-2H3. The molecule has 1 aliphatic carbocycles. The highest BCUT2D eigenvalue weighted by atomic mass is 32.2. The van der Waals surface area contributed by atoms with Crippen molar-refractivity contribution in [2.45, 2.75) is 62.9 Å². The summed E-state index contributed by atoms with van der Waals surface area (Å²) in [5.41, 5.74) is 2.81. The second-order valence-electron chi connectivity index (χ2n) is 9.50. The summed E-state index contributed by atoms with van der Waals surface area (Å²) in [4.78, 5) is 26.7. The average molecular weight is 523 g/mol. The molecule has 1 amide bonds. The summed E-state index contributed by atoms with van der Waals surface area (Å²) in [5, 5.41) is 0. The van der Waals surface area contributed by atoms with Crippen molar-refractivity contribution in [2.75, 3.05) is 13.1 Å². The SMILES string of the molecule is CC1CN(C(=O)CCc2ccc(OC(F)(F)F)cc2)CC(C)N1S(=O)c1cccc2c1CC(C=O)C2. The molecule has 2 aromatic rings. The van der Waals surface area contributed by atoms with Crippen LogP contribution in [0.3, 0.4) is 0 Å². The fourth-order valence-corrected chi connectivity index (χ4v) is 6.76. The molecule has 4 unspecified atom stereocenters. The Morgan fingerprint density at radius 2 is 1.75 bits per heavy atom. The summed E-state index contributed by atoms with van der Waals surface area (Å²) in [6.07, 6.45) is -1.88. The lowest BCUT2D eigenvalue weighted by Crippen LogP contribution is -2.58. The number of halogens is 3. The number of aldehydes is 1. The van der Waals surface area contributed by atoms with Crippen LogP contribution in [0.25, 0.3) is 0 Å². The summed E-state index contributed by atoms with van der Waals surface area (Å²) >= 11 is 0. The van der Waals surface area contributed by atoms with E-state index < -0.39 is 17.3 Å². The third-order valence-corrected chi connectivity index (χ3v) is 8.59. The number of alkyl halides is 3. The summed E-state index contributed by atoms with van der Waals surface area (Å²) in [5.74, 6) is -0.421. The highest BCUT2D eigenvalue weighted by Gasteiger charge is 2.37. The predicted molar refractivity (Wildman–Crippen MR) is 129 cm³/mol. The number of nitrogens with zero attached hydrogens (tertiary/aromatic N) is 2. The van der Waals surface area contributed by atoms with Gasteiger partial charge in [0.1, 0.15) is 23.0 Å². The molecule has 1 heterocycles. The van der Waals surface area contributed by atoms with Gasteiger partial charge in [0.05, 0.1) is 4.90 Å². The van der Waals surface area contributed by atoms with Crippen LogP contribution in [0.2, 0.25) is 0 Å². The van der Waals surface area contributed by atoms with Crippen LogP contribution in [0.1, 0.15) is 37.0 Å². The first-order valence-electron chi connectivity index (χ1n) is 11.9. The second-order valence-corrected chi connectivity index (χ2v) is 10.9. The molecule has 1 aliphatic heterocycles. The first-order valence-corrected chi connectivity index (χ1v) is 13.0. The van der Waals surface area contributed by atoms with Crippen LogP contribution in [0.4, 0.5) is 13.2 Å². The lowest BCUT2D eigenvalue weighted by Gasteiger charge is -2.43. The van der Waals surface area contributed by atoms with Crippen LogP contribution in [-0.4, -0.2) is 57.1 Å². The number of benzene rings is 2. The zero-order valence-electron chi connectivity index (χ0n) is 20.2. The zero-order valence-corrected chi connectivity index (χ0v) is 21.0. The topological polar surface area (TPSA) is 66.9 Å². The van der Waals surface area contributed by atoms with Gasteiger partial charge in [-0.2, -0.15) is 0 Å². The van der Waals surface area contributed by atoms with E-state index in [4.69, 9.17) is 0 Å². The minimum Gasteiger partial charge on any atom is -0.406 e. The molecule has 36 heavy (non-hydrogen) atoms. The highest BCUT2D eigenvalue weighted by Crippen LogP contribution is 2.33. The van der Waals surface area contributed by atoms with E-state index in [9.17, 15) is 27.0 Å². The molecule has 0 spiro atoms. The van der Waals surface area contributed by atoms with Gasteiger partial charge in [0.15, 0.2) is 0 Å². The van der Waals surface area contributed by atoms with Gasteiger partial charge in [-0.15, -0.1) is 13.2 Å². The number of aryl methyl sites for hydroxylation is 1. The van der Waals surface area contributed by atoms with Crippen LogP contribution in [0.5, 0.6) is 5.75 Å². The van der Waals surface area contributed by atoms with Gasteiger partial charge >= 0.3 is 6.36 Å². The summed E-state index contributed by atoms with van der Waals surface area (Å²) < 4.78 is 56.4. The average Bonchev–Trinajstić information content (AvgIpc) is 3.25. The fourth-order valence-electron chi connectivity index (χ4n) is 5.13. The minimum atomic E-state index is -4.74. The smallest absolute Gasteiger partial charge is 0.406 e. The van der Waals surface area contributed by atoms with Crippen LogP contribution in [-0.2, 0) is 39.8 Å². The van der Waals surface area contributed by atoms with Crippen molar-refractivity contribution in [3.63, 3.8) is 0 Å². The van der Waals surface area contributed by atoms with E-state index in [1.807, 2.05) is 36.4 Å². The summed E-state index contributed by atoms with van der Waals surface area (Å²) in [6.45, 7) is 4.76. The van der Waals surface area contributed by atoms with Crippen LogP contribution in [0, 0.1) is 5.92 Å². The number of fused-ring (bicyclic) bond motifs is 1. The van der Waals surface area contributed by atoms with Gasteiger partial charge in [0.25, 0.3) is 0 Å². The number of carbonyl (C=O) groups excluding carboxylic acids is 2. The normalized spacial score (nSPS) is 23.2. The number of ether oxygens (including phenoxy) is 1. The second kappa shape index (κ2) is 10.7. The van der Waals surface area contributed by atoms with Gasteiger partial charge in [-0.3, -0.25) is 4.79 Å². The van der Waals surface area contributed by atoms with Crippen LogP contribution < -0.4 is 4.74 Å². The third kappa shape index (κ3) is 5.98. The minimum absolute atomic E-state index is 0.0517. The van der Waals surface area contributed by atoms with E-state index in [1.54, 1.807) is 4.90 Å². The van der Waals surface area contributed by atoms with Crippen molar-refractivity contribution in [3.05, 3.63) is 59.2 Å². The Labute approximate surface area is 211 Å². The molecule has 4 rings (SSSR count). The van der Waals surface area contributed by atoms with E-state index >= 15 is 0 Å². The molecular weight excluding hydrogens is 493 g/mol.